The molecule has 0 fully saturated rings. The second-order valence-corrected chi connectivity index (χ2v) is 5.30. The van der Waals surface area contributed by atoms with Crippen LogP contribution in [-0.2, 0) is 21.7 Å². The monoisotopic (exact) mass is 396 g/mol. The van der Waals surface area contributed by atoms with E-state index >= 15 is 0 Å². The molecule has 0 atom stereocenters. The Morgan fingerprint density at radius 1 is 1.04 bits per heavy atom. The molecule has 0 heterocycles. The zero-order valence-corrected chi connectivity index (χ0v) is 19.0. The molecule has 0 spiro atoms. The summed E-state index contributed by atoms with van der Waals surface area (Å²) in [6.45, 7) is 9.68. The second kappa shape index (κ2) is 30.6. The van der Waals surface area contributed by atoms with E-state index in [-0.39, 0.29) is 46.5 Å². The quantitative estimate of drug-likeness (QED) is 0.420. The summed E-state index contributed by atoms with van der Waals surface area (Å²) in [5.41, 5.74) is 1.44. The van der Waals surface area contributed by atoms with E-state index in [0.29, 0.717) is 0 Å². The van der Waals surface area contributed by atoms with Gasteiger partial charge in [0, 0.05) is 0 Å². The van der Waals surface area contributed by atoms with Crippen molar-refractivity contribution in [2.24, 2.45) is 0 Å². The second-order valence-electron chi connectivity index (χ2n) is 5.30. The third-order valence-electron chi connectivity index (χ3n) is 2.79. The van der Waals surface area contributed by atoms with E-state index in [1.165, 1.54) is 37.7 Å². The third kappa shape index (κ3) is 34.9. The Hall–Kier alpha value is 0.734. The van der Waals surface area contributed by atoms with Crippen LogP contribution in [0.25, 0.3) is 0 Å². The summed E-state index contributed by atoms with van der Waals surface area (Å²) in [5, 5.41) is 0. The Morgan fingerprint density at radius 3 is 1.74 bits per heavy atom. The zero-order valence-electron chi connectivity index (χ0n) is 16.0. The van der Waals surface area contributed by atoms with Gasteiger partial charge in [0.1, 0.15) is 0 Å². The van der Waals surface area contributed by atoms with Crippen molar-refractivity contribution in [2.75, 3.05) is 20.6 Å². The molecule has 0 aromatic heterocycles. The van der Waals surface area contributed by atoms with Crippen molar-refractivity contribution in [3.8, 4) is 0 Å². The number of allylic oxidation sites excluding steroid dienone is 3. The van der Waals surface area contributed by atoms with Crippen LogP contribution in [0.4, 0.5) is 0 Å². The van der Waals surface area contributed by atoms with Crippen molar-refractivity contribution in [3.05, 3.63) is 36.6 Å². The average molecular weight is 397 g/mol. The fourth-order valence-corrected chi connectivity index (χ4v) is 1.55. The summed E-state index contributed by atoms with van der Waals surface area (Å²) in [4.78, 5) is 2.20. The summed E-state index contributed by atoms with van der Waals surface area (Å²) < 4.78 is 0. The molecule has 1 rings (SSSR count). The van der Waals surface area contributed by atoms with Crippen LogP contribution in [0.15, 0.2) is 17.7 Å². The molecular weight excluding hydrogens is 361 g/mol. The van der Waals surface area contributed by atoms with Crippen molar-refractivity contribution < 1.29 is 46.5 Å². The van der Waals surface area contributed by atoms with E-state index in [2.05, 4.69) is 71.7 Å². The maximum atomic E-state index is 3.22. The molecule has 0 aromatic rings. The van der Waals surface area contributed by atoms with Crippen molar-refractivity contribution >= 4 is 0 Å². The van der Waals surface area contributed by atoms with Gasteiger partial charge in [0.2, 0.25) is 0 Å². The van der Waals surface area contributed by atoms with Gasteiger partial charge in [-0.25, -0.2) is 12.2 Å². The SMILES string of the molecule is CN(C)CCC1=[C-]C=CC1.C[CH-]CCC.C[CH-]CCC.[Cl-].[Cl-].[Ti+2]. The van der Waals surface area contributed by atoms with Gasteiger partial charge in [-0.15, -0.1) is 0 Å². The summed E-state index contributed by atoms with van der Waals surface area (Å²) in [7, 11) is 4.20. The van der Waals surface area contributed by atoms with Crippen LogP contribution in [0.3, 0.4) is 0 Å². The van der Waals surface area contributed by atoms with Gasteiger partial charge in [0.15, 0.2) is 0 Å². The smallest absolute Gasteiger partial charge is 1.00 e. The van der Waals surface area contributed by atoms with Crippen LogP contribution in [0, 0.1) is 18.9 Å². The molecule has 0 saturated carbocycles. The van der Waals surface area contributed by atoms with Gasteiger partial charge in [-0.05, 0) is 27.1 Å². The number of rotatable bonds is 7. The van der Waals surface area contributed by atoms with Crippen molar-refractivity contribution in [1.29, 1.82) is 0 Å². The van der Waals surface area contributed by atoms with Gasteiger partial charge in [0.05, 0.1) is 0 Å². The summed E-state index contributed by atoms with van der Waals surface area (Å²) >= 11 is 0. The molecule has 1 aliphatic rings. The normalized spacial score (nSPS) is 10.8. The van der Waals surface area contributed by atoms with E-state index in [1.807, 2.05) is 6.08 Å². The minimum Gasteiger partial charge on any atom is -1.00 e. The first-order valence-electron chi connectivity index (χ1n) is 8.08. The molecule has 138 valence electrons. The number of unbranched alkanes of at least 4 members (excludes halogenated alkanes) is 4. The zero-order chi connectivity index (χ0) is 15.6. The van der Waals surface area contributed by atoms with E-state index < -0.39 is 0 Å². The summed E-state index contributed by atoms with van der Waals surface area (Å²) in [5.74, 6) is 0. The van der Waals surface area contributed by atoms with Crippen molar-refractivity contribution in [2.45, 2.75) is 66.2 Å². The van der Waals surface area contributed by atoms with Crippen LogP contribution in [0.1, 0.15) is 66.2 Å². The number of hydrogen-bond acceptors (Lipinski definition) is 1. The Bertz CT molecular complexity index is 232. The van der Waals surface area contributed by atoms with E-state index in [1.54, 1.807) is 0 Å². The van der Waals surface area contributed by atoms with E-state index in [4.69, 9.17) is 0 Å². The van der Waals surface area contributed by atoms with Crippen molar-refractivity contribution in [1.82, 2.24) is 4.90 Å². The van der Waals surface area contributed by atoms with Crippen LogP contribution in [0.5, 0.6) is 0 Å². The Labute approximate surface area is 174 Å². The first-order chi connectivity index (χ1) is 9.62. The Kier molecular flexibility index (Phi) is 46.5. The molecule has 23 heavy (non-hydrogen) atoms. The van der Waals surface area contributed by atoms with E-state index in [9.17, 15) is 0 Å². The predicted molar refractivity (Wildman–Crippen MR) is 93.4 cm³/mol. The molecule has 0 amide bonds. The Balaban J connectivity index is -0.0000000728. The van der Waals surface area contributed by atoms with Crippen molar-refractivity contribution in [3.63, 3.8) is 0 Å². The van der Waals surface area contributed by atoms with Gasteiger partial charge < -0.3 is 42.6 Å². The van der Waals surface area contributed by atoms with Crippen LogP contribution in [-0.4, -0.2) is 25.5 Å². The molecule has 0 saturated heterocycles. The fraction of sp³-hybridized carbons (Fsp3) is 0.684. The van der Waals surface area contributed by atoms with Crippen LogP contribution < -0.4 is 24.8 Å². The summed E-state index contributed by atoms with van der Waals surface area (Å²) in [6, 6.07) is 0. The molecule has 0 N–H and O–H groups in total. The molecule has 0 radical (unpaired) electrons. The van der Waals surface area contributed by atoms with E-state index in [0.717, 1.165) is 13.0 Å². The molecule has 0 aliphatic heterocycles. The maximum Gasteiger partial charge on any atom is 2.00 e. The number of halogens is 2. The standard InChI is InChI=1S/C9H14N.2C5H11.2ClH.Ti/c1-10(2)8-7-9-5-3-4-6-9;2*1-3-5-4-2;;;/h3-4H,5,7-8H2,1-2H3;2*3H,4-5H2,1-2H3;2*1H;/q3*-1;;;+2/p-2. The fourth-order valence-electron chi connectivity index (χ4n) is 1.55. The minimum absolute atomic E-state index is 0. The van der Waals surface area contributed by atoms with Gasteiger partial charge in [-0.2, -0.15) is 32.3 Å². The van der Waals surface area contributed by atoms with Gasteiger partial charge in [-0.1, -0.05) is 33.1 Å². The molecule has 1 aliphatic carbocycles. The molecule has 0 aromatic carbocycles. The van der Waals surface area contributed by atoms with Gasteiger partial charge in [0.25, 0.3) is 0 Å². The molecular formula is C19H36Cl2NTi-3. The first kappa shape index (κ1) is 35.0. The van der Waals surface area contributed by atoms with Crippen LogP contribution in [0.2, 0.25) is 0 Å². The number of nitrogens with zero attached hydrogens (tertiary/aromatic N) is 1. The summed E-state index contributed by atoms with van der Waals surface area (Å²) in [6.07, 6.45) is 19.1. The number of hydrogen-bond donors (Lipinski definition) is 0. The molecule has 1 nitrogen and oxygen atoms in total. The maximum absolute atomic E-state index is 3.22. The van der Waals surface area contributed by atoms with Gasteiger partial charge in [-0.3, -0.25) is 6.08 Å². The minimum atomic E-state index is 0. The van der Waals surface area contributed by atoms with Crippen LogP contribution >= 0.6 is 0 Å². The predicted octanol–water partition coefficient (Wildman–Crippen LogP) is -0.346. The molecule has 4 heteroatoms. The average Bonchev–Trinajstić information content (AvgIpc) is 2.93. The topological polar surface area (TPSA) is 3.24 Å². The third-order valence-corrected chi connectivity index (χ3v) is 2.79. The largest absolute Gasteiger partial charge is 2.00 e. The Morgan fingerprint density at radius 2 is 1.52 bits per heavy atom. The molecule has 0 bridgehead atoms. The first-order valence-corrected chi connectivity index (χ1v) is 8.08. The van der Waals surface area contributed by atoms with Gasteiger partial charge >= 0.3 is 21.7 Å². The molecule has 0 unspecified atom stereocenters.